The van der Waals surface area contributed by atoms with Crippen LogP contribution in [0.15, 0.2) is 24.3 Å². The van der Waals surface area contributed by atoms with Crippen LogP contribution in [-0.4, -0.2) is 35.1 Å². The molecular formula is C15H18N2O2. The van der Waals surface area contributed by atoms with Crippen LogP contribution in [0.4, 0.5) is 0 Å². The average Bonchev–Trinajstić information content (AvgIpc) is 2.63. The number of H-pyrrole nitrogens is 1. The average molecular weight is 258 g/mol. The molecule has 1 aromatic heterocycles. The summed E-state index contributed by atoms with van der Waals surface area (Å²) in [5, 5.41) is 9.82. The number of aliphatic carboxylic acids is 1. The molecule has 0 amide bonds. The number of hydrogen-bond acceptors (Lipinski definition) is 2. The minimum Gasteiger partial charge on any atom is -0.478 e. The molecule has 0 spiro atoms. The Bertz CT molecular complexity index is 639. The molecule has 0 radical (unpaired) electrons. The van der Waals surface area contributed by atoms with Crippen molar-refractivity contribution in [3.63, 3.8) is 0 Å². The number of aryl methyl sites for hydroxylation is 1. The fraction of sp³-hybridized carbons (Fsp3) is 0.267. The van der Waals surface area contributed by atoms with Crippen LogP contribution in [0, 0.1) is 6.92 Å². The lowest BCUT2D eigenvalue weighted by molar-refractivity contribution is -0.131. The van der Waals surface area contributed by atoms with Gasteiger partial charge in [-0.1, -0.05) is 6.07 Å². The largest absolute Gasteiger partial charge is 0.478 e. The van der Waals surface area contributed by atoms with Gasteiger partial charge in [-0.3, -0.25) is 0 Å². The zero-order valence-corrected chi connectivity index (χ0v) is 11.4. The molecule has 1 heterocycles. The third-order valence-corrected chi connectivity index (χ3v) is 3.04. The Hall–Kier alpha value is -2.07. The summed E-state index contributed by atoms with van der Waals surface area (Å²) in [4.78, 5) is 16.0. The quantitative estimate of drug-likeness (QED) is 0.829. The Balaban J connectivity index is 2.47. The Morgan fingerprint density at radius 1 is 1.42 bits per heavy atom. The van der Waals surface area contributed by atoms with Crippen molar-refractivity contribution in [1.29, 1.82) is 0 Å². The van der Waals surface area contributed by atoms with Crippen LogP contribution in [0.25, 0.3) is 17.0 Å². The second-order valence-corrected chi connectivity index (χ2v) is 4.94. The van der Waals surface area contributed by atoms with Crippen molar-refractivity contribution < 1.29 is 9.90 Å². The summed E-state index contributed by atoms with van der Waals surface area (Å²) in [5.74, 6) is -0.932. The highest BCUT2D eigenvalue weighted by Gasteiger charge is 2.09. The second kappa shape index (κ2) is 5.28. The molecular weight excluding hydrogens is 240 g/mol. The van der Waals surface area contributed by atoms with E-state index >= 15 is 0 Å². The first-order valence-electron chi connectivity index (χ1n) is 6.14. The van der Waals surface area contributed by atoms with Gasteiger partial charge in [-0.15, -0.1) is 0 Å². The van der Waals surface area contributed by atoms with Crippen molar-refractivity contribution in [3.8, 4) is 0 Å². The maximum Gasteiger partial charge on any atom is 0.328 e. The van der Waals surface area contributed by atoms with Gasteiger partial charge >= 0.3 is 5.97 Å². The molecule has 0 aliphatic heterocycles. The summed E-state index contributed by atoms with van der Waals surface area (Å²) in [6, 6.07) is 5.93. The van der Waals surface area contributed by atoms with Crippen LogP contribution in [0.3, 0.4) is 0 Å². The molecule has 0 atom stereocenters. The van der Waals surface area contributed by atoms with E-state index in [0.29, 0.717) is 0 Å². The third-order valence-electron chi connectivity index (χ3n) is 3.04. The van der Waals surface area contributed by atoms with Crippen LogP contribution >= 0.6 is 0 Å². The molecule has 4 nitrogen and oxygen atoms in total. The molecule has 2 aromatic rings. The fourth-order valence-electron chi connectivity index (χ4n) is 2.19. The highest BCUT2D eigenvalue weighted by atomic mass is 16.4. The number of aromatic amines is 1. The Morgan fingerprint density at radius 3 is 2.79 bits per heavy atom. The van der Waals surface area contributed by atoms with Gasteiger partial charge in [0.25, 0.3) is 0 Å². The Morgan fingerprint density at radius 2 is 2.16 bits per heavy atom. The predicted octanol–water partition coefficient (Wildman–Crippen LogP) is 2.64. The molecule has 19 heavy (non-hydrogen) atoms. The van der Waals surface area contributed by atoms with E-state index in [-0.39, 0.29) is 0 Å². The number of rotatable bonds is 4. The van der Waals surface area contributed by atoms with E-state index in [1.54, 1.807) is 6.08 Å². The summed E-state index contributed by atoms with van der Waals surface area (Å²) in [7, 11) is 4.07. The highest BCUT2D eigenvalue weighted by molar-refractivity contribution is 5.89. The summed E-state index contributed by atoms with van der Waals surface area (Å²) in [6.07, 6.45) is 2.77. The third kappa shape index (κ3) is 3.03. The van der Waals surface area contributed by atoms with Gasteiger partial charge in [-0.2, -0.15) is 0 Å². The van der Waals surface area contributed by atoms with E-state index in [1.807, 2.05) is 32.3 Å². The van der Waals surface area contributed by atoms with Crippen LogP contribution in [0.1, 0.15) is 16.8 Å². The minimum absolute atomic E-state index is 0.859. The molecule has 0 saturated carbocycles. The van der Waals surface area contributed by atoms with E-state index in [2.05, 4.69) is 16.8 Å². The smallest absolute Gasteiger partial charge is 0.328 e. The number of fused-ring (bicyclic) bond motifs is 1. The first-order valence-corrected chi connectivity index (χ1v) is 6.14. The van der Waals surface area contributed by atoms with Gasteiger partial charge in [0, 0.05) is 29.2 Å². The van der Waals surface area contributed by atoms with Crippen LogP contribution < -0.4 is 0 Å². The van der Waals surface area contributed by atoms with E-state index in [1.165, 1.54) is 5.56 Å². The maximum atomic E-state index is 10.6. The van der Waals surface area contributed by atoms with Gasteiger partial charge in [0.2, 0.25) is 0 Å². The van der Waals surface area contributed by atoms with Gasteiger partial charge in [0.15, 0.2) is 0 Å². The van der Waals surface area contributed by atoms with Crippen molar-refractivity contribution in [2.45, 2.75) is 13.5 Å². The van der Waals surface area contributed by atoms with E-state index < -0.39 is 5.97 Å². The number of carbonyl (C=O) groups is 1. The molecule has 2 rings (SSSR count). The van der Waals surface area contributed by atoms with Gasteiger partial charge < -0.3 is 15.0 Å². The molecule has 2 N–H and O–H groups in total. The Labute approximate surface area is 112 Å². The van der Waals surface area contributed by atoms with Crippen LogP contribution in [0.5, 0.6) is 0 Å². The molecule has 0 aliphatic carbocycles. The van der Waals surface area contributed by atoms with Crippen LogP contribution in [-0.2, 0) is 11.3 Å². The van der Waals surface area contributed by atoms with E-state index in [4.69, 9.17) is 5.11 Å². The number of hydrogen-bond donors (Lipinski definition) is 2. The highest BCUT2D eigenvalue weighted by Crippen LogP contribution is 2.24. The molecule has 0 unspecified atom stereocenters. The lowest BCUT2D eigenvalue weighted by atomic mass is 10.1. The number of carboxylic acids is 1. The first-order chi connectivity index (χ1) is 8.97. The number of benzene rings is 1. The number of nitrogens with zero attached hydrogens (tertiary/aromatic N) is 1. The molecule has 0 aliphatic rings. The van der Waals surface area contributed by atoms with Gasteiger partial charge in [0.05, 0.1) is 0 Å². The van der Waals surface area contributed by atoms with Crippen molar-refractivity contribution >= 4 is 22.9 Å². The van der Waals surface area contributed by atoms with Gasteiger partial charge in [0.1, 0.15) is 0 Å². The molecule has 0 fully saturated rings. The molecule has 0 bridgehead atoms. The lowest BCUT2D eigenvalue weighted by Gasteiger charge is -2.09. The molecule has 100 valence electrons. The van der Waals surface area contributed by atoms with Crippen LogP contribution in [0.2, 0.25) is 0 Å². The maximum absolute atomic E-state index is 10.6. The van der Waals surface area contributed by atoms with Gasteiger partial charge in [-0.25, -0.2) is 4.79 Å². The zero-order chi connectivity index (χ0) is 14.0. The SMILES string of the molecule is Cc1[nH]c2ccc(/C=C/C(=O)O)cc2c1CN(C)C. The Kier molecular flexibility index (Phi) is 3.71. The minimum atomic E-state index is -0.932. The van der Waals surface area contributed by atoms with Crippen molar-refractivity contribution in [2.75, 3.05) is 14.1 Å². The standard InChI is InChI=1S/C15H18N2O2/c1-10-13(9-17(2)3)12-8-11(5-7-15(18)19)4-6-14(12)16-10/h4-8,16H,9H2,1-3H3,(H,18,19)/b7-5+. The zero-order valence-electron chi connectivity index (χ0n) is 11.4. The molecule has 1 aromatic carbocycles. The lowest BCUT2D eigenvalue weighted by Crippen LogP contribution is -2.11. The molecule has 0 saturated heterocycles. The predicted molar refractivity (Wildman–Crippen MR) is 77.1 cm³/mol. The second-order valence-electron chi connectivity index (χ2n) is 4.94. The summed E-state index contributed by atoms with van der Waals surface area (Å²) in [6.45, 7) is 2.92. The van der Waals surface area contributed by atoms with Crippen molar-refractivity contribution in [1.82, 2.24) is 9.88 Å². The number of carboxylic acid groups (broad SMARTS) is 1. The van der Waals surface area contributed by atoms with E-state index in [0.717, 1.165) is 34.8 Å². The summed E-state index contributed by atoms with van der Waals surface area (Å²) < 4.78 is 0. The topological polar surface area (TPSA) is 56.3 Å². The number of nitrogens with one attached hydrogen (secondary N) is 1. The fourth-order valence-corrected chi connectivity index (χ4v) is 2.19. The summed E-state index contributed by atoms with van der Waals surface area (Å²) >= 11 is 0. The normalized spacial score (nSPS) is 11.8. The van der Waals surface area contributed by atoms with E-state index in [9.17, 15) is 4.79 Å². The summed E-state index contributed by atoms with van der Waals surface area (Å²) in [5.41, 5.74) is 4.39. The van der Waals surface area contributed by atoms with Crippen molar-refractivity contribution in [3.05, 3.63) is 41.1 Å². The van der Waals surface area contributed by atoms with Crippen molar-refractivity contribution in [2.24, 2.45) is 0 Å². The first kappa shape index (κ1) is 13.4. The monoisotopic (exact) mass is 258 g/mol. The number of aromatic nitrogens is 1. The van der Waals surface area contributed by atoms with Gasteiger partial charge in [-0.05, 0) is 50.4 Å². The molecule has 4 heteroatoms.